The highest BCUT2D eigenvalue weighted by Crippen LogP contribution is 2.22. The number of nitrogens with zero attached hydrogens (tertiary/aromatic N) is 1. The van der Waals surface area contributed by atoms with Crippen LogP contribution in [-0.2, 0) is 9.84 Å². The number of carbonyl (C=O) groups excluding carboxylic acids is 2. The molecule has 0 radical (unpaired) electrons. The first kappa shape index (κ1) is 11.0. The number of aldehydes is 1. The number of carbonyl (C=O) groups is 2. The Balaban J connectivity index is 3.49. The Morgan fingerprint density at radius 2 is 2.07 bits per heavy atom. The van der Waals surface area contributed by atoms with Crippen LogP contribution in [0, 0.1) is 0 Å². The van der Waals surface area contributed by atoms with Gasteiger partial charge in [0.25, 0.3) is 0 Å². The van der Waals surface area contributed by atoms with Gasteiger partial charge < -0.3 is 0 Å². The van der Waals surface area contributed by atoms with Crippen molar-refractivity contribution >= 4 is 33.2 Å². The minimum absolute atomic E-state index is 0.00405. The third kappa shape index (κ3) is 2.05. The number of ketones is 1. The second-order valence-corrected chi connectivity index (χ2v) is 5.59. The molecule has 0 spiro atoms. The third-order valence-electron chi connectivity index (χ3n) is 1.38. The Morgan fingerprint density at radius 1 is 1.50 bits per heavy atom. The summed E-state index contributed by atoms with van der Waals surface area (Å²) in [5.41, 5.74) is 0. The molecule has 1 rings (SSSR count). The molecule has 0 N–H and O–H groups in total. The van der Waals surface area contributed by atoms with Gasteiger partial charge in [0.2, 0.25) is 0 Å². The van der Waals surface area contributed by atoms with Crippen molar-refractivity contribution in [3.63, 3.8) is 0 Å². The fourth-order valence-corrected chi connectivity index (χ4v) is 2.90. The molecule has 0 saturated carbocycles. The Kier molecular flexibility index (Phi) is 2.81. The first-order chi connectivity index (χ1) is 6.36. The van der Waals surface area contributed by atoms with Gasteiger partial charge in [-0.2, -0.15) is 0 Å². The van der Waals surface area contributed by atoms with Crippen LogP contribution in [-0.4, -0.2) is 31.7 Å². The van der Waals surface area contributed by atoms with Gasteiger partial charge in [-0.05, 0) is 0 Å². The second kappa shape index (κ2) is 3.58. The smallest absolute Gasteiger partial charge is 0.194 e. The summed E-state index contributed by atoms with van der Waals surface area (Å²) in [7, 11) is -3.55. The molecule has 0 aliphatic carbocycles. The number of thiazole rings is 1. The topological polar surface area (TPSA) is 81.2 Å². The van der Waals surface area contributed by atoms with Crippen molar-refractivity contribution in [3.05, 3.63) is 9.88 Å². The van der Waals surface area contributed by atoms with Crippen LogP contribution in [0.15, 0.2) is 5.03 Å². The largest absolute Gasteiger partial charge is 0.295 e. The highest BCUT2D eigenvalue weighted by molar-refractivity contribution is 7.90. The molecule has 7 heteroatoms. The summed E-state index contributed by atoms with van der Waals surface area (Å²) < 4.78 is 22.3. The summed E-state index contributed by atoms with van der Waals surface area (Å²) >= 11 is 0.787. The van der Waals surface area contributed by atoms with Gasteiger partial charge in [0.05, 0.1) is 0 Å². The zero-order valence-electron chi connectivity index (χ0n) is 7.47. The molecule has 0 atom stereocenters. The molecule has 1 aromatic heterocycles. The number of sulfone groups is 1. The fraction of sp³-hybridized carbons (Fsp3) is 0.286. The average Bonchev–Trinajstić information content (AvgIpc) is 2.46. The van der Waals surface area contributed by atoms with E-state index in [1.165, 1.54) is 6.92 Å². The molecule has 5 nitrogen and oxygen atoms in total. The summed E-state index contributed by atoms with van der Waals surface area (Å²) in [6.45, 7) is 1.23. The molecule has 1 aromatic rings. The molecule has 0 bridgehead atoms. The van der Waals surface area contributed by atoms with Crippen LogP contribution in [0.4, 0.5) is 0 Å². The lowest BCUT2D eigenvalue weighted by molar-refractivity contribution is 0.101. The summed E-state index contributed by atoms with van der Waals surface area (Å²) in [5.74, 6) is -0.406. The lowest BCUT2D eigenvalue weighted by Gasteiger charge is -1.93. The molecule has 0 aromatic carbocycles. The maximum absolute atomic E-state index is 11.2. The maximum Gasteiger partial charge on any atom is 0.194 e. The summed E-state index contributed by atoms with van der Waals surface area (Å²) in [5, 5.41) is -0.312. The van der Waals surface area contributed by atoms with E-state index in [2.05, 4.69) is 4.98 Å². The molecule has 0 saturated heterocycles. The van der Waals surface area contributed by atoms with E-state index in [4.69, 9.17) is 0 Å². The first-order valence-corrected chi connectivity index (χ1v) is 6.24. The van der Waals surface area contributed by atoms with E-state index in [1.807, 2.05) is 0 Å². The van der Waals surface area contributed by atoms with Gasteiger partial charge in [-0.3, -0.25) is 9.59 Å². The number of hydrogen-bond donors (Lipinski definition) is 0. The van der Waals surface area contributed by atoms with E-state index in [9.17, 15) is 18.0 Å². The van der Waals surface area contributed by atoms with Gasteiger partial charge in [-0.25, -0.2) is 13.4 Å². The third-order valence-corrected chi connectivity index (χ3v) is 3.59. The standard InChI is InChI=1S/C7H7NO4S2/c1-4(10)6-7(14(2,11)12)8-5(3-9)13-6/h3H,1-2H3. The summed E-state index contributed by atoms with van der Waals surface area (Å²) in [4.78, 5) is 25.0. The highest BCUT2D eigenvalue weighted by atomic mass is 32.2. The second-order valence-electron chi connectivity index (χ2n) is 2.63. The Bertz CT molecular complexity index is 486. The van der Waals surface area contributed by atoms with E-state index in [1.54, 1.807) is 0 Å². The number of hydrogen-bond acceptors (Lipinski definition) is 6. The van der Waals surface area contributed by atoms with Crippen molar-refractivity contribution in [1.29, 1.82) is 0 Å². The van der Waals surface area contributed by atoms with Crippen molar-refractivity contribution in [2.24, 2.45) is 0 Å². The molecule has 76 valence electrons. The zero-order valence-corrected chi connectivity index (χ0v) is 9.11. The van der Waals surface area contributed by atoms with E-state index in [0.29, 0.717) is 6.29 Å². The van der Waals surface area contributed by atoms with Crippen molar-refractivity contribution in [1.82, 2.24) is 4.98 Å². The van der Waals surface area contributed by atoms with E-state index in [-0.39, 0.29) is 14.9 Å². The van der Waals surface area contributed by atoms with Crippen LogP contribution >= 0.6 is 11.3 Å². The number of Topliss-reactive ketones (excluding diaryl/α,β-unsaturated/α-hetero) is 1. The predicted molar refractivity (Wildman–Crippen MR) is 50.6 cm³/mol. The van der Waals surface area contributed by atoms with Crippen LogP contribution in [0.1, 0.15) is 26.4 Å². The quantitative estimate of drug-likeness (QED) is 0.563. The molecule has 0 unspecified atom stereocenters. The van der Waals surface area contributed by atoms with E-state index < -0.39 is 15.6 Å². The van der Waals surface area contributed by atoms with Gasteiger partial charge in [-0.1, -0.05) is 0 Å². The van der Waals surface area contributed by atoms with Crippen LogP contribution in [0.25, 0.3) is 0 Å². The lowest BCUT2D eigenvalue weighted by Crippen LogP contribution is -2.03. The molecule has 1 heterocycles. The minimum atomic E-state index is -3.55. The molecular formula is C7H7NO4S2. The van der Waals surface area contributed by atoms with Crippen LogP contribution in [0.2, 0.25) is 0 Å². The van der Waals surface area contributed by atoms with Gasteiger partial charge in [0.15, 0.2) is 31.9 Å². The van der Waals surface area contributed by atoms with Crippen LogP contribution in [0.5, 0.6) is 0 Å². The zero-order chi connectivity index (χ0) is 10.9. The summed E-state index contributed by atoms with van der Waals surface area (Å²) in [6.07, 6.45) is 1.37. The monoisotopic (exact) mass is 233 g/mol. The maximum atomic E-state index is 11.2. The van der Waals surface area contributed by atoms with Gasteiger partial charge in [0.1, 0.15) is 4.88 Å². The predicted octanol–water partition coefficient (Wildman–Crippen LogP) is 0.562. The van der Waals surface area contributed by atoms with Crippen molar-refractivity contribution in [2.45, 2.75) is 11.9 Å². The highest BCUT2D eigenvalue weighted by Gasteiger charge is 2.22. The molecule has 0 amide bonds. The minimum Gasteiger partial charge on any atom is -0.295 e. The average molecular weight is 233 g/mol. The Labute approximate surface area is 84.7 Å². The van der Waals surface area contributed by atoms with E-state index in [0.717, 1.165) is 17.6 Å². The number of aromatic nitrogens is 1. The number of rotatable bonds is 3. The van der Waals surface area contributed by atoms with Crippen LogP contribution < -0.4 is 0 Å². The lowest BCUT2D eigenvalue weighted by atomic mass is 10.4. The molecule has 0 aliphatic rings. The first-order valence-electron chi connectivity index (χ1n) is 3.53. The SMILES string of the molecule is CC(=O)c1sc(C=O)nc1S(C)(=O)=O. The van der Waals surface area contributed by atoms with Crippen LogP contribution in [0.3, 0.4) is 0 Å². The van der Waals surface area contributed by atoms with Crippen molar-refractivity contribution < 1.29 is 18.0 Å². The van der Waals surface area contributed by atoms with E-state index >= 15 is 0 Å². The van der Waals surface area contributed by atoms with Gasteiger partial charge in [0, 0.05) is 13.2 Å². The molecule has 0 fully saturated rings. The normalized spacial score (nSPS) is 11.3. The summed E-state index contributed by atoms with van der Waals surface area (Å²) in [6, 6.07) is 0. The molecule has 0 aliphatic heterocycles. The fourth-order valence-electron chi connectivity index (χ4n) is 0.846. The van der Waals surface area contributed by atoms with Gasteiger partial charge in [-0.15, -0.1) is 11.3 Å². The Morgan fingerprint density at radius 3 is 2.36 bits per heavy atom. The Hall–Kier alpha value is -1.08. The van der Waals surface area contributed by atoms with Crippen molar-refractivity contribution in [2.75, 3.05) is 6.26 Å². The molecular weight excluding hydrogens is 226 g/mol. The van der Waals surface area contributed by atoms with Crippen molar-refractivity contribution in [3.8, 4) is 0 Å². The van der Waals surface area contributed by atoms with Gasteiger partial charge >= 0.3 is 0 Å². The molecule has 14 heavy (non-hydrogen) atoms.